The van der Waals surface area contributed by atoms with Gasteiger partial charge in [0.15, 0.2) is 0 Å². The SMILES string of the molecule is COCCN(CC(=O)O)S(=O)(=O)N(C)C. The van der Waals surface area contributed by atoms with Gasteiger partial charge in [0.2, 0.25) is 0 Å². The zero-order valence-electron chi connectivity index (χ0n) is 9.00. The molecular formula is C7H16N2O5S. The number of carboxylic acid groups (broad SMARTS) is 1. The minimum absolute atomic E-state index is 0.0172. The van der Waals surface area contributed by atoms with Gasteiger partial charge in [0.05, 0.1) is 6.61 Å². The zero-order valence-corrected chi connectivity index (χ0v) is 9.82. The van der Waals surface area contributed by atoms with E-state index in [1.165, 1.54) is 21.2 Å². The molecule has 0 spiro atoms. The summed E-state index contributed by atoms with van der Waals surface area (Å²) in [5, 5.41) is 8.56. The summed E-state index contributed by atoms with van der Waals surface area (Å²) in [5.41, 5.74) is 0. The summed E-state index contributed by atoms with van der Waals surface area (Å²) in [6, 6.07) is 0. The number of carbonyl (C=O) groups is 1. The number of hydrogen-bond donors (Lipinski definition) is 1. The second-order valence-electron chi connectivity index (χ2n) is 3.01. The number of ether oxygens (including phenoxy) is 1. The van der Waals surface area contributed by atoms with Crippen molar-refractivity contribution in [1.82, 2.24) is 8.61 Å². The molecule has 7 nitrogen and oxygen atoms in total. The van der Waals surface area contributed by atoms with Gasteiger partial charge in [-0.3, -0.25) is 4.79 Å². The monoisotopic (exact) mass is 240 g/mol. The number of hydrogen-bond acceptors (Lipinski definition) is 4. The largest absolute Gasteiger partial charge is 0.480 e. The first-order chi connectivity index (χ1) is 6.82. The van der Waals surface area contributed by atoms with Crippen LogP contribution in [0, 0.1) is 0 Å². The molecule has 0 atom stereocenters. The molecule has 15 heavy (non-hydrogen) atoms. The van der Waals surface area contributed by atoms with Gasteiger partial charge in [-0.25, -0.2) is 0 Å². The van der Waals surface area contributed by atoms with Crippen molar-refractivity contribution in [2.45, 2.75) is 0 Å². The summed E-state index contributed by atoms with van der Waals surface area (Å²) in [4.78, 5) is 10.5. The molecule has 0 radical (unpaired) electrons. The number of aliphatic carboxylic acids is 1. The highest BCUT2D eigenvalue weighted by Gasteiger charge is 2.25. The molecule has 0 aliphatic rings. The Morgan fingerprint density at radius 2 is 1.93 bits per heavy atom. The van der Waals surface area contributed by atoms with Crippen LogP contribution < -0.4 is 0 Å². The van der Waals surface area contributed by atoms with Gasteiger partial charge in [0, 0.05) is 27.7 Å². The summed E-state index contributed by atoms with van der Waals surface area (Å²) in [5.74, 6) is -1.20. The van der Waals surface area contributed by atoms with Crippen LogP contribution in [0.3, 0.4) is 0 Å². The second kappa shape index (κ2) is 6.01. The van der Waals surface area contributed by atoms with E-state index in [2.05, 4.69) is 0 Å². The second-order valence-corrected chi connectivity index (χ2v) is 5.15. The van der Waals surface area contributed by atoms with E-state index in [-0.39, 0.29) is 13.2 Å². The molecule has 0 aromatic rings. The Kier molecular flexibility index (Phi) is 5.73. The summed E-state index contributed by atoms with van der Waals surface area (Å²) in [6.45, 7) is -0.395. The standard InChI is InChI=1S/C7H16N2O5S/c1-8(2)15(12,13)9(4-5-14-3)6-7(10)11/h4-6H2,1-3H3,(H,10,11). The molecule has 0 bridgehead atoms. The molecule has 0 aliphatic heterocycles. The van der Waals surface area contributed by atoms with Crippen LogP contribution in [0.25, 0.3) is 0 Å². The zero-order chi connectivity index (χ0) is 12.1. The van der Waals surface area contributed by atoms with Crippen LogP contribution >= 0.6 is 0 Å². The minimum atomic E-state index is -3.70. The Morgan fingerprint density at radius 3 is 2.27 bits per heavy atom. The van der Waals surface area contributed by atoms with Gasteiger partial charge in [-0.05, 0) is 0 Å². The number of rotatable bonds is 7. The molecule has 0 aromatic heterocycles. The molecule has 90 valence electrons. The molecule has 1 N–H and O–H groups in total. The van der Waals surface area contributed by atoms with Crippen molar-refractivity contribution in [3.63, 3.8) is 0 Å². The molecule has 0 aliphatic carbocycles. The predicted molar refractivity (Wildman–Crippen MR) is 53.7 cm³/mol. The highest BCUT2D eigenvalue weighted by molar-refractivity contribution is 7.86. The highest BCUT2D eigenvalue weighted by Crippen LogP contribution is 2.03. The Balaban J connectivity index is 4.69. The van der Waals surface area contributed by atoms with E-state index in [9.17, 15) is 13.2 Å². The summed E-state index contributed by atoms with van der Waals surface area (Å²) < 4.78 is 29.7. The van der Waals surface area contributed by atoms with Crippen molar-refractivity contribution in [2.75, 3.05) is 40.9 Å². The van der Waals surface area contributed by atoms with Crippen molar-refractivity contribution >= 4 is 16.2 Å². The molecule has 0 saturated carbocycles. The third kappa shape index (κ3) is 4.56. The van der Waals surface area contributed by atoms with Gasteiger partial charge in [0.1, 0.15) is 6.54 Å². The average Bonchev–Trinajstić information content (AvgIpc) is 2.11. The maximum absolute atomic E-state index is 11.6. The van der Waals surface area contributed by atoms with Crippen molar-refractivity contribution in [3.05, 3.63) is 0 Å². The maximum Gasteiger partial charge on any atom is 0.318 e. The molecule has 0 heterocycles. The van der Waals surface area contributed by atoms with Crippen LogP contribution in [0.2, 0.25) is 0 Å². The Bertz CT molecular complexity index is 301. The van der Waals surface area contributed by atoms with E-state index < -0.39 is 22.7 Å². The van der Waals surface area contributed by atoms with E-state index in [1.807, 2.05) is 0 Å². The lowest BCUT2D eigenvalue weighted by Crippen LogP contribution is -2.44. The first-order valence-electron chi connectivity index (χ1n) is 4.20. The molecule has 0 rings (SSSR count). The third-order valence-corrected chi connectivity index (χ3v) is 3.53. The lowest BCUT2D eigenvalue weighted by Gasteiger charge is -2.23. The molecular weight excluding hydrogens is 224 g/mol. The van der Waals surface area contributed by atoms with Gasteiger partial charge < -0.3 is 9.84 Å². The number of nitrogens with zero attached hydrogens (tertiary/aromatic N) is 2. The van der Waals surface area contributed by atoms with Crippen molar-refractivity contribution < 1.29 is 23.1 Å². The maximum atomic E-state index is 11.6. The van der Waals surface area contributed by atoms with Crippen molar-refractivity contribution in [1.29, 1.82) is 0 Å². The number of carboxylic acids is 1. The molecule has 0 aromatic carbocycles. The summed E-state index contributed by atoms with van der Waals surface area (Å²) in [7, 11) is 0.406. The van der Waals surface area contributed by atoms with Crippen molar-refractivity contribution in [2.24, 2.45) is 0 Å². The Hall–Kier alpha value is -0.700. The molecule has 0 amide bonds. The number of methoxy groups -OCH3 is 1. The smallest absolute Gasteiger partial charge is 0.318 e. The van der Waals surface area contributed by atoms with Crippen LogP contribution in [-0.4, -0.2) is 69.0 Å². The molecule has 0 fully saturated rings. The summed E-state index contributed by atoms with van der Waals surface area (Å²) >= 11 is 0. The average molecular weight is 240 g/mol. The first-order valence-corrected chi connectivity index (χ1v) is 5.60. The molecule has 0 unspecified atom stereocenters. The fraction of sp³-hybridized carbons (Fsp3) is 0.857. The molecule has 0 saturated heterocycles. The van der Waals surface area contributed by atoms with Crippen LogP contribution in [0.5, 0.6) is 0 Å². The first kappa shape index (κ1) is 14.3. The van der Waals surface area contributed by atoms with E-state index in [0.29, 0.717) is 0 Å². The summed E-state index contributed by atoms with van der Waals surface area (Å²) in [6.07, 6.45) is 0. The van der Waals surface area contributed by atoms with Crippen LogP contribution in [0.1, 0.15) is 0 Å². The fourth-order valence-electron chi connectivity index (χ4n) is 0.851. The minimum Gasteiger partial charge on any atom is -0.480 e. The van der Waals surface area contributed by atoms with Crippen LogP contribution in [-0.2, 0) is 19.7 Å². The predicted octanol–water partition coefficient (Wildman–Crippen LogP) is -1.17. The van der Waals surface area contributed by atoms with E-state index in [4.69, 9.17) is 9.84 Å². The lowest BCUT2D eigenvalue weighted by molar-refractivity contribution is -0.137. The van der Waals surface area contributed by atoms with E-state index in [0.717, 1.165) is 8.61 Å². The molecule has 8 heteroatoms. The fourth-order valence-corrected chi connectivity index (χ4v) is 1.89. The Labute approximate surface area is 89.4 Å². The quantitative estimate of drug-likeness (QED) is 0.605. The van der Waals surface area contributed by atoms with Crippen molar-refractivity contribution in [3.8, 4) is 0 Å². The van der Waals surface area contributed by atoms with Gasteiger partial charge in [0.25, 0.3) is 10.2 Å². The highest BCUT2D eigenvalue weighted by atomic mass is 32.2. The topological polar surface area (TPSA) is 87.1 Å². The van der Waals surface area contributed by atoms with Crippen LogP contribution in [0.15, 0.2) is 0 Å². The third-order valence-electron chi connectivity index (χ3n) is 1.64. The van der Waals surface area contributed by atoms with Gasteiger partial charge in [-0.1, -0.05) is 0 Å². The van der Waals surface area contributed by atoms with E-state index >= 15 is 0 Å². The van der Waals surface area contributed by atoms with Gasteiger partial charge in [-0.2, -0.15) is 17.0 Å². The van der Waals surface area contributed by atoms with Gasteiger partial charge >= 0.3 is 5.97 Å². The van der Waals surface area contributed by atoms with Crippen LogP contribution in [0.4, 0.5) is 0 Å². The lowest BCUT2D eigenvalue weighted by atomic mass is 10.6. The van der Waals surface area contributed by atoms with Gasteiger partial charge in [-0.15, -0.1) is 0 Å². The Morgan fingerprint density at radius 1 is 1.40 bits per heavy atom. The normalized spacial score (nSPS) is 12.3. The van der Waals surface area contributed by atoms with E-state index in [1.54, 1.807) is 0 Å².